The van der Waals surface area contributed by atoms with Gasteiger partial charge in [0, 0.05) is 19.1 Å². The second-order valence-corrected chi connectivity index (χ2v) is 5.91. The van der Waals surface area contributed by atoms with Crippen molar-refractivity contribution in [3.05, 3.63) is 35.9 Å². The van der Waals surface area contributed by atoms with Crippen molar-refractivity contribution < 1.29 is 5.11 Å². The third-order valence-corrected chi connectivity index (χ3v) is 4.53. The first-order valence-corrected chi connectivity index (χ1v) is 7.25. The average molecular weight is 262 g/mol. The van der Waals surface area contributed by atoms with Gasteiger partial charge in [-0.2, -0.15) is 0 Å². The fourth-order valence-corrected chi connectivity index (χ4v) is 2.62. The highest BCUT2D eigenvalue weighted by atomic mass is 16.3. The number of hydrogen-bond donors (Lipinski definition) is 2. The van der Waals surface area contributed by atoms with Crippen molar-refractivity contribution in [1.82, 2.24) is 4.90 Å². The second-order valence-electron chi connectivity index (χ2n) is 5.91. The summed E-state index contributed by atoms with van der Waals surface area (Å²) in [7, 11) is 2.14. The summed E-state index contributed by atoms with van der Waals surface area (Å²) in [6.45, 7) is 3.42. The van der Waals surface area contributed by atoms with E-state index in [0.717, 1.165) is 18.0 Å². The maximum Gasteiger partial charge on any atom is 0.103 e. The maximum atomic E-state index is 10.7. The predicted molar refractivity (Wildman–Crippen MR) is 78.8 cm³/mol. The van der Waals surface area contributed by atoms with Gasteiger partial charge in [0.2, 0.25) is 0 Å². The van der Waals surface area contributed by atoms with Crippen LogP contribution in [0.4, 0.5) is 0 Å². The van der Waals surface area contributed by atoms with Crippen molar-refractivity contribution in [3.63, 3.8) is 0 Å². The molecule has 1 fully saturated rings. The van der Waals surface area contributed by atoms with Crippen LogP contribution in [0.1, 0.15) is 31.7 Å². The van der Waals surface area contributed by atoms with E-state index in [-0.39, 0.29) is 6.54 Å². The van der Waals surface area contributed by atoms with Crippen molar-refractivity contribution in [1.29, 1.82) is 0 Å². The lowest BCUT2D eigenvalue weighted by atomic mass is 9.90. The van der Waals surface area contributed by atoms with Crippen LogP contribution in [0.25, 0.3) is 0 Å². The zero-order valence-corrected chi connectivity index (χ0v) is 12.0. The van der Waals surface area contributed by atoms with Crippen molar-refractivity contribution in [2.45, 2.75) is 37.8 Å². The molecular formula is C16H26N2O. The molecule has 1 aliphatic carbocycles. The number of aliphatic hydroxyl groups is 1. The molecule has 2 unspecified atom stereocenters. The average Bonchev–Trinajstić information content (AvgIpc) is 3.29. The summed E-state index contributed by atoms with van der Waals surface area (Å²) in [6.07, 6.45) is 3.39. The van der Waals surface area contributed by atoms with E-state index >= 15 is 0 Å². The van der Waals surface area contributed by atoms with Crippen LogP contribution in [0.5, 0.6) is 0 Å². The van der Waals surface area contributed by atoms with Gasteiger partial charge in [0.15, 0.2) is 0 Å². The molecule has 3 heteroatoms. The normalized spacial score (nSPS) is 20.3. The maximum absolute atomic E-state index is 10.7. The summed E-state index contributed by atoms with van der Waals surface area (Å²) < 4.78 is 0. The molecule has 0 radical (unpaired) electrons. The predicted octanol–water partition coefficient (Wildman–Crippen LogP) is 1.95. The second kappa shape index (κ2) is 6.04. The Kier molecular flexibility index (Phi) is 4.61. The van der Waals surface area contributed by atoms with Gasteiger partial charge in [-0.05, 0) is 44.7 Å². The molecule has 1 aliphatic rings. The van der Waals surface area contributed by atoms with E-state index < -0.39 is 5.60 Å². The summed E-state index contributed by atoms with van der Waals surface area (Å²) in [5.41, 5.74) is 5.82. The van der Waals surface area contributed by atoms with Gasteiger partial charge in [-0.1, -0.05) is 30.3 Å². The third-order valence-electron chi connectivity index (χ3n) is 4.53. The monoisotopic (exact) mass is 262 g/mol. The molecule has 0 bridgehead atoms. The molecule has 1 aromatic rings. The molecule has 106 valence electrons. The van der Waals surface area contributed by atoms with Crippen molar-refractivity contribution in [2.75, 3.05) is 20.1 Å². The SMILES string of the molecule is CC(C1CC1)N(C)CCC(O)(CN)c1ccccc1. The lowest BCUT2D eigenvalue weighted by molar-refractivity contribution is 0.0240. The van der Waals surface area contributed by atoms with Gasteiger partial charge in [-0.25, -0.2) is 0 Å². The summed E-state index contributed by atoms with van der Waals surface area (Å²) in [5.74, 6) is 0.854. The van der Waals surface area contributed by atoms with E-state index in [9.17, 15) is 5.11 Å². The van der Waals surface area contributed by atoms with Gasteiger partial charge in [-0.15, -0.1) is 0 Å². The minimum Gasteiger partial charge on any atom is -0.384 e. The largest absolute Gasteiger partial charge is 0.384 e. The molecule has 2 atom stereocenters. The molecule has 0 saturated heterocycles. The highest BCUT2D eigenvalue weighted by Crippen LogP contribution is 2.35. The zero-order valence-electron chi connectivity index (χ0n) is 12.0. The Morgan fingerprint density at radius 3 is 2.53 bits per heavy atom. The van der Waals surface area contributed by atoms with Gasteiger partial charge >= 0.3 is 0 Å². The van der Waals surface area contributed by atoms with Crippen LogP contribution in [0.15, 0.2) is 30.3 Å². The smallest absolute Gasteiger partial charge is 0.103 e. The lowest BCUT2D eigenvalue weighted by Crippen LogP contribution is -2.40. The van der Waals surface area contributed by atoms with Gasteiger partial charge in [0.1, 0.15) is 5.60 Å². The summed E-state index contributed by atoms with van der Waals surface area (Å²) in [4.78, 5) is 2.35. The Hall–Kier alpha value is -0.900. The van der Waals surface area contributed by atoms with E-state index in [0.29, 0.717) is 12.5 Å². The molecule has 2 rings (SSSR count). The molecule has 19 heavy (non-hydrogen) atoms. The molecule has 0 amide bonds. The quantitative estimate of drug-likeness (QED) is 0.789. The van der Waals surface area contributed by atoms with E-state index in [2.05, 4.69) is 18.9 Å². The first kappa shape index (κ1) is 14.5. The van der Waals surface area contributed by atoms with E-state index in [1.54, 1.807) is 0 Å². The van der Waals surface area contributed by atoms with Crippen LogP contribution >= 0.6 is 0 Å². The standard InChI is InChI=1S/C16H26N2O/c1-13(14-8-9-14)18(2)11-10-16(19,12-17)15-6-4-3-5-7-15/h3-7,13-14,19H,8-12,17H2,1-2H3. The van der Waals surface area contributed by atoms with Crippen molar-refractivity contribution in [2.24, 2.45) is 11.7 Å². The van der Waals surface area contributed by atoms with Gasteiger partial charge in [-0.3, -0.25) is 0 Å². The molecule has 1 saturated carbocycles. The summed E-state index contributed by atoms with van der Waals surface area (Å²) in [5, 5.41) is 10.7. The van der Waals surface area contributed by atoms with Crippen LogP contribution in [0.2, 0.25) is 0 Å². The molecular weight excluding hydrogens is 236 g/mol. The van der Waals surface area contributed by atoms with Crippen LogP contribution in [-0.4, -0.2) is 36.2 Å². The Morgan fingerprint density at radius 1 is 1.37 bits per heavy atom. The topological polar surface area (TPSA) is 49.5 Å². The highest BCUT2D eigenvalue weighted by molar-refractivity contribution is 5.22. The van der Waals surface area contributed by atoms with E-state index in [1.807, 2.05) is 30.3 Å². The number of hydrogen-bond acceptors (Lipinski definition) is 3. The van der Waals surface area contributed by atoms with Gasteiger partial charge in [0.05, 0.1) is 0 Å². The van der Waals surface area contributed by atoms with Crippen LogP contribution < -0.4 is 5.73 Å². The summed E-state index contributed by atoms with van der Waals surface area (Å²) in [6, 6.07) is 10.4. The van der Waals surface area contributed by atoms with E-state index in [4.69, 9.17) is 5.73 Å². The Morgan fingerprint density at radius 2 is 2.00 bits per heavy atom. The molecule has 1 aromatic carbocycles. The summed E-state index contributed by atoms with van der Waals surface area (Å²) >= 11 is 0. The fourth-order valence-electron chi connectivity index (χ4n) is 2.62. The molecule has 3 N–H and O–H groups in total. The number of rotatable bonds is 7. The van der Waals surface area contributed by atoms with Crippen LogP contribution in [-0.2, 0) is 5.60 Å². The van der Waals surface area contributed by atoms with Crippen molar-refractivity contribution >= 4 is 0 Å². The number of benzene rings is 1. The Balaban J connectivity index is 1.94. The number of nitrogens with two attached hydrogens (primary N) is 1. The molecule has 0 spiro atoms. The van der Waals surface area contributed by atoms with Crippen molar-refractivity contribution in [3.8, 4) is 0 Å². The lowest BCUT2D eigenvalue weighted by Gasteiger charge is -2.31. The van der Waals surface area contributed by atoms with Crippen LogP contribution in [0, 0.1) is 5.92 Å². The Bertz CT molecular complexity index is 391. The molecule has 0 aromatic heterocycles. The fraction of sp³-hybridized carbons (Fsp3) is 0.625. The van der Waals surface area contributed by atoms with Crippen LogP contribution in [0.3, 0.4) is 0 Å². The first-order valence-electron chi connectivity index (χ1n) is 7.25. The zero-order chi connectivity index (χ0) is 13.9. The molecule has 3 nitrogen and oxygen atoms in total. The van der Waals surface area contributed by atoms with E-state index in [1.165, 1.54) is 12.8 Å². The Labute approximate surface area is 116 Å². The van der Waals surface area contributed by atoms with Gasteiger partial charge < -0.3 is 15.7 Å². The minimum absolute atomic E-state index is 0.267. The van der Waals surface area contributed by atoms with Gasteiger partial charge in [0.25, 0.3) is 0 Å². The first-order chi connectivity index (χ1) is 9.07. The minimum atomic E-state index is -0.904. The third kappa shape index (κ3) is 3.56. The number of nitrogens with zero attached hydrogens (tertiary/aromatic N) is 1. The molecule has 0 aliphatic heterocycles. The molecule has 0 heterocycles. The highest BCUT2D eigenvalue weighted by Gasteiger charge is 2.32.